The maximum atomic E-state index is 10.9. The molecule has 0 aliphatic heterocycles. The molecule has 7 nitrogen and oxygen atoms in total. The van der Waals surface area contributed by atoms with Crippen molar-refractivity contribution < 1.29 is 24.5 Å². The van der Waals surface area contributed by atoms with Gasteiger partial charge in [0.15, 0.2) is 11.8 Å². The van der Waals surface area contributed by atoms with Crippen molar-refractivity contribution in [2.24, 2.45) is 0 Å². The summed E-state index contributed by atoms with van der Waals surface area (Å²) in [6.45, 7) is 0. The molecule has 2 aromatic rings. The highest BCUT2D eigenvalue weighted by molar-refractivity contribution is 5.86. The Kier molecular flexibility index (Phi) is 3.48. The molecule has 0 radical (unpaired) electrons. The lowest BCUT2D eigenvalue weighted by Crippen LogP contribution is -2.25. The van der Waals surface area contributed by atoms with E-state index < -0.39 is 18.0 Å². The van der Waals surface area contributed by atoms with Crippen LogP contribution in [0, 0.1) is 0 Å². The van der Waals surface area contributed by atoms with E-state index in [0.29, 0.717) is 11.3 Å². The summed E-state index contributed by atoms with van der Waals surface area (Å²) in [5, 5.41) is 17.9. The predicted molar refractivity (Wildman–Crippen MR) is 64.3 cm³/mol. The molecule has 0 aliphatic carbocycles. The van der Waals surface area contributed by atoms with Crippen LogP contribution >= 0.6 is 0 Å². The second-order valence-corrected chi connectivity index (χ2v) is 3.94. The average Bonchev–Trinajstić information content (AvgIpc) is 2.80. The molecule has 1 unspecified atom stereocenters. The summed E-state index contributed by atoms with van der Waals surface area (Å²) in [6.07, 6.45) is 0.501. The number of methoxy groups -OCH3 is 1. The van der Waals surface area contributed by atoms with E-state index in [1.807, 2.05) is 0 Å². The van der Waals surface area contributed by atoms with Gasteiger partial charge in [-0.05, 0) is 12.1 Å². The number of ether oxygens (including phenoxy) is 1. The first kappa shape index (κ1) is 13.0. The zero-order chi connectivity index (χ0) is 14.0. The molecule has 2 heterocycles. The van der Waals surface area contributed by atoms with Crippen molar-refractivity contribution in [1.29, 1.82) is 0 Å². The molecule has 0 aliphatic rings. The van der Waals surface area contributed by atoms with E-state index in [1.54, 1.807) is 22.6 Å². The van der Waals surface area contributed by atoms with Crippen molar-refractivity contribution in [1.82, 2.24) is 9.38 Å². The highest BCUT2D eigenvalue weighted by Crippen LogP contribution is 2.12. The molecule has 0 spiro atoms. The molecule has 2 aromatic heterocycles. The first-order chi connectivity index (χ1) is 9.02. The molecule has 1 atom stereocenters. The molecule has 0 amide bonds. The van der Waals surface area contributed by atoms with Gasteiger partial charge in [0.25, 0.3) is 0 Å². The highest BCUT2D eigenvalue weighted by Gasteiger charge is 2.19. The number of fused-ring (bicyclic) bond motifs is 1. The van der Waals surface area contributed by atoms with E-state index in [9.17, 15) is 9.59 Å². The van der Waals surface area contributed by atoms with Crippen molar-refractivity contribution >= 4 is 17.6 Å². The molecule has 0 fully saturated rings. The molecular weight excluding hydrogens is 252 g/mol. The lowest BCUT2D eigenvalue weighted by molar-refractivity contribution is -0.148. The number of carbonyl (C=O) groups is 2. The molecule has 0 aromatic carbocycles. The number of pyridine rings is 1. The summed E-state index contributed by atoms with van der Waals surface area (Å²) in [7, 11) is 1.31. The van der Waals surface area contributed by atoms with Crippen LogP contribution in [0.4, 0.5) is 0 Å². The Labute approximate surface area is 108 Å². The minimum Gasteiger partial charge on any atom is -0.479 e. The predicted octanol–water partition coefficient (Wildman–Crippen LogP) is 0.675. The SMILES string of the molecule is COC(Cc1cccc2nc(C(=O)O)cn12)C(=O)O. The molecule has 100 valence electrons. The molecule has 7 heteroatoms. The standard InChI is InChI=1S/C12H12N2O5/c1-19-9(12(17)18)5-7-3-2-4-10-13-8(11(15)16)6-14(7)10/h2-4,6,9H,5H2,1H3,(H,15,16)(H,17,18). The summed E-state index contributed by atoms with van der Waals surface area (Å²) in [4.78, 5) is 25.7. The Morgan fingerprint density at radius 1 is 1.42 bits per heavy atom. The maximum absolute atomic E-state index is 10.9. The second kappa shape index (κ2) is 5.07. The van der Waals surface area contributed by atoms with E-state index in [0.717, 1.165) is 0 Å². The first-order valence-electron chi connectivity index (χ1n) is 5.49. The Morgan fingerprint density at radius 2 is 2.16 bits per heavy atom. The smallest absolute Gasteiger partial charge is 0.356 e. The maximum Gasteiger partial charge on any atom is 0.356 e. The van der Waals surface area contributed by atoms with Gasteiger partial charge in [0.1, 0.15) is 5.65 Å². The van der Waals surface area contributed by atoms with Crippen LogP contribution in [-0.4, -0.2) is 44.8 Å². The molecule has 0 saturated carbocycles. The average molecular weight is 264 g/mol. The zero-order valence-corrected chi connectivity index (χ0v) is 10.1. The number of hydrogen-bond acceptors (Lipinski definition) is 4. The molecule has 19 heavy (non-hydrogen) atoms. The minimum absolute atomic E-state index is 0.0864. The van der Waals surface area contributed by atoms with Crippen LogP contribution in [0.3, 0.4) is 0 Å². The van der Waals surface area contributed by atoms with Crippen LogP contribution in [0.2, 0.25) is 0 Å². The van der Waals surface area contributed by atoms with Crippen molar-refractivity contribution in [2.45, 2.75) is 12.5 Å². The summed E-state index contributed by atoms with van der Waals surface area (Å²) in [6, 6.07) is 5.05. The number of aromatic nitrogens is 2. The van der Waals surface area contributed by atoms with E-state index in [4.69, 9.17) is 14.9 Å². The van der Waals surface area contributed by atoms with E-state index >= 15 is 0 Å². The summed E-state index contributed by atoms with van der Waals surface area (Å²) in [5.74, 6) is -2.20. The largest absolute Gasteiger partial charge is 0.479 e. The fraction of sp³-hybridized carbons (Fsp3) is 0.250. The van der Waals surface area contributed by atoms with Crippen molar-refractivity contribution in [3.8, 4) is 0 Å². The number of carboxylic acids is 2. The van der Waals surface area contributed by atoms with Gasteiger partial charge >= 0.3 is 11.9 Å². The summed E-state index contributed by atoms with van der Waals surface area (Å²) >= 11 is 0. The fourth-order valence-electron chi connectivity index (χ4n) is 1.80. The quantitative estimate of drug-likeness (QED) is 0.823. The third-order valence-electron chi connectivity index (χ3n) is 2.75. The van der Waals surface area contributed by atoms with E-state index in [-0.39, 0.29) is 12.1 Å². The van der Waals surface area contributed by atoms with Gasteiger partial charge in [-0.2, -0.15) is 0 Å². The molecule has 0 saturated heterocycles. The van der Waals surface area contributed by atoms with Gasteiger partial charge in [-0.1, -0.05) is 6.07 Å². The Morgan fingerprint density at radius 3 is 2.74 bits per heavy atom. The van der Waals surface area contributed by atoms with E-state index in [2.05, 4.69) is 4.98 Å². The normalized spacial score (nSPS) is 12.5. The number of rotatable bonds is 5. The van der Waals surface area contributed by atoms with Gasteiger partial charge in [0, 0.05) is 25.4 Å². The van der Waals surface area contributed by atoms with E-state index in [1.165, 1.54) is 13.3 Å². The Balaban J connectivity index is 2.43. The van der Waals surface area contributed by atoms with Crippen LogP contribution in [0.1, 0.15) is 16.2 Å². The number of carboxylic acid groups (broad SMARTS) is 2. The Hall–Kier alpha value is -2.41. The van der Waals surface area contributed by atoms with Crippen LogP contribution in [0.15, 0.2) is 24.4 Å². The topological polar surface area (TPSA) is 101 Å². The Bertz CT molecular complexity index is 634. The minimum atomic E-state index is -1.13. The zero-order valence-electron chi connectivity index (χ0n) is 10.1. The number of nitrogens with zero attached hydrogens (tertiary/aromatic N) is 2. The third-order valence-corrected chi connectivity index (χ3v) is 2.75. The highest BCUT2D eigenvalue weighted by atomic mass is 16.5. The third kappa shape index (κ3) is 2.55. The lowest BCUT2D eigenvalue weighted by atomic mass is 10.2. The van der Waals surface area contributed by atoms with Gasteiger partial charge in [-0.3, -0.25) is 0 Å². The second-order valence-electron chi connectivity index (χ2n) is 3.94. The lowest BCUT2D eigenvalue weighted by Gasteiger charge is -2.11. The number of aliphatic carboxylic acids is 1. The van der Waals surface area contributed by atoms with Gasteiger partial charge in [-0.15, -0.1) is 0 Å². The molecular formula is C12H12N2O5. The monoisotopic (exact) mass is 264 g/mol. The van der Waals surface area contributed by atoms with Crippen molar-refractivity contribution in [3.05, 3.63) is 35.8 Å². The molecule has 0 bridgehead atoms. The number of hydrogen-bond donors (Lipinski definition) is 2. The van der Waals surface area contributed by atoms with Gasteiger partial charge in [-0.25, -0.2) is 14.6 Å². The summed E-state index contributed by atoms with van der Waals surface area (Å²) < 4.78 is 6.42. The van der Waals surface area contributed by atoms with Crippen LogP contribution < -0.4 is 0 Å². The number of aromatic carboxylic acids is 1. The fourth-order valence-corrected chi connectivity index (χ4v) is 1.80. The first-order valence-corrected chi connectivity index (χ1v) is 5.49. The van der Waals surface area contributed by atoms with Crippen LogP contribution in [-0.2, 0) is 16.0 Å². The van der Waals surface area contributed by atoms with Crippen molar-refractivity contribution in [3.63, 3.8) is 0 Å². The van der Waals surface area contributed by atoms with Crippen molar-refractivity contribution in [2.75, 3.05) is 7.11 Å². The van der Waals surface area contributed by atoms with Crippen LogP contribution in [0.25, 0.3) is 5.65 Å². The van der Waals surface area contributed by atoms with Gasteiger partial charge in [0.2, 0.25) is 0 Å². The van der Waals surface area contributed by atoms with Gasteiger partial charge < -0.3 is 19.4 Å². The molecule has 2 N–H and O–H groups in total. The molecule has 2 rings (SSSR count). The number of imidazole rings is 1. The van der Waals surface area contributed by atoms with Crippen LogP contribution in [0.5, 0.6) is 0 Å². The van der Waals surface area contributed by atoms with Gasteiger partial charge in [0.05, 0.1) is 0 Å². The summed E-state index contributed by atoms with van der Waals surface area (Å²) in [5.41, 5.74) is 0.985.